The second kappa shape index (κ2) is 8.64. The molecule has 0 aromatic heterocycles. The molecule has 1 amide bonds. The summed E-state index contributed by atoms with van der Waals surface area (Å²) >= 11 is 0. The van der Waals surface area contributed by atoms with E-state index in [1.165, 1.54) is 38.6 Å². The number of ether oxygens (including phenoxy) is 1. The van der Waals surface area contributed by atoms with Crippen molar-refractivity contribution in [1.82, 2.24) is 9.80 Å². The number of hydrogen-bond donors (Lipinski definition) is 0. The van der Waals surface area contributed by atoms with Gasteiger partial charge in [0.05, 0.1) is 12.2 Å². The quantitative estimate of drug-likeness (QED) is 0.779. The Morgan fingerprint density at radius 3 is 2.56 bits per heavy atom. The topological polar surface area (TPSA) is 32.8 Å². The minimum Gasteiger partial charge on any atom is -0.492 e. The van der Waals surface area contributed by atoms with Gasteiger partial charge in [-0.05, 0) is 63.1 Å². The molecule has 0 spiro atoms. The minimum absolute atomic E-state index is 0.136. The standard InChI is InChI=1S/C23H34N2O2/c1-18-11-14-24(15-12-18)23(26)21-9-2-3-10-22(21)27-17-19-6-5-13-25(16-19)20-7-4-8-20/h2-3,9-10,18-20H,4-8,11-17H2,1H3. The zero-order valence-electron chi connectivity index (χ0n) is 16.7. The van der Waals surface area contributed by atoms with Gasteiger partial charge in [-0.3, -0.25) is 9.69 Å². The van der Waals surface area contributed by atoms with E-state index in [0.717, 1.165) is 62.4 Å². The molecular weight excluding hydrogens is 336 g/mol. The molecule has 2 heterocycles. The van der Waals surface area contributed by atoms with Gasteiger partial charge < -0.3 is 9.64 Å². The number of carbonyl (C=O) groups is 1. The summed E-state index contributed by atoms with van der Waals surface area (Å²) in [5.74, 6) is 2.21. The maximum atomic E-state index is 13.0. The van der Waals surface area contributed by atoms with Crippen LogP contribution < -0.4 is 4.74 Å². The van der Waals surface area contributed by atoms with E-state index in [1.807, 2.05) is 29.2 Å². The largest absolute Gasteiger partial charge is 0.492 e. The molecule has 4 rings (SSSR count). The number of hydrogen-bond acceptors (Lipinski definition) is 3. The summed E-state index contributed by atoms with van der Waals surface area (Å²) < 4.78 is 6.22. The van der Waals surface area contributed by atoms with Crippen LogP contribution in [-0.4, -0.2) is 54.5 Å². The van der Waals surface area contributed by atoms with Crippen molar-refractivity contribution in [2.75, 3.05) is 32.8 Å². The van der Waals surface area contributed by atoms with Gasteiger partial charge in [0.15, 0.2) is 0 Å². The molecule has 2 aliphatic heterocycles. The molecule has 1 aliphatic carbocycles. The summed E-state index contributed by atoms with van der Waals surface area (Å²) in [5, 5.41) is 0. The number of amides is 1. The van der Waals surface area contributed by atoms with Gasteiger partial charge in [0.25, 0.3) is 5.91 Å². The van der Waals surface area contributed by atoms with Crippen molar-refractivity contribution in [3.63, 3.8) is 0 Å². The number of benzene rings is 1. The molecule has 0 radical (unpaired) electrons. The van der Waals surface area contributed by atoms with Crippen LogP contribution in [0.25, 0.3) is 0 Å². The van der Waals surface area contributed by atoms with Crippen molar-refractivity contribution in [3.05, 3.63) is 29.8 Å². The third-order valence-corrected chi connectivity index (χ3v) is 6.80. The van der Waals surface area contributed by atoms with Gasteiger partial charge >= 0.3 is 0 Å². The highest BCUT2D eigenvalue weighted by Gasteiger charge is 2.30. The molecule has 3 aliphatic rings. The number of carbonyl (C=O) groups excluding carboxylic acids is 1. The first-order valence-electron chi connectivity index (χ1n) is 11.0. The van der Waals surface area contributed by atoms with Gasteiger partial charge in [-0.25, -0.2) is 0 Å². The first-order valence-corrected chi connectivity index (χ1v) is 11.0. The monoisotopic (exact) mass is 370 g/mol. The first-order chi connectivity index (χ1) is 13.2. The van der Waals surface area contributed by atoms with Gasteiger partial charge in [-0.2, -0.15) is 0 Å². The van der Waals surface area contributed by atoms with E-state index in [2.05, 4.69) is 11.8 Å². The zero-order chi connectivity index (χ0) is 18.6. The van der Waals surface area contributed by atoms with E-state index >= 15 is 0 Å². The third-order valence-electron chi connectivity index (χ3n) is 6.80. The number of likely N-dealkylation sites (tertiary alicyclic amines) is 2. The fraction of sp³-hybridized carbons (Fsp3) is 0.696. The Kier molecular flexibility index (Phi) is 6.01. The number of para-hydroxylation sites is 1. The lowest BCUT2D eigenvalue weighted by atomic mass is 9.88. The molecule has 1 atom stereocenters. The van der Waals surface area contributed by atoms with E-state index in [4.69, 9.17) is 4.74 Å². The van der Waals surface area contributed by atoms with Crippen LogP contribution in [-0.2, 0) is 0 Å². The normalized spacial score (nSPS) is 25.2. The summed E-state index contributed by atoms with van der Waals surface area (Å²) in [5.41, 5.74) is 0.735. The molecule has 0 bridgehead atoms. The SMILES string of the molecule is CC1CCN(C(=O)c2ccccc2OCC2CCCN(C3CCC3)C2)CC1. The average Bonchev–Trinajstić information content (AvgIpc) is 2.66. The molecule has 2 saturated heterocycles. The van der Waals surface area contributed by atoms with Crippen LogP contribution in [0, 0.1) is 11.8 Å². The maximum Gasteiger partial charge on any atom is 0.257 e. The van der Waals surface area contributed by atoms with Crippen LogP contribution in [0.2, 0.25) is 0 Å². The summed E-state index contributed by atoms with van der Waals surface area (Å²) in [6.07, 6.45) is 8.87. The van der Waals surface area contributed by atoms with E-state index in [-0.39, 0.29) is 5.91 Å². The van der Waals surface area contributed by atoms with Crippen LogP contribution in [0.15, 0.2) is 24.3 Å². The van der Waals surface area contributed by atoms with Crippen molar-refractivity contribution in [3.8, 4) is 5.75 Å². The summed E-state index contributed by atoms with van der Waals surface area (Å²) in [7, 11) is 0. The fourth-order valence-electron chi connectivity index (χ4n) is 4.68. The summed E-state index contributed by atoms with van der Waals surface area (Å²) in [4.78, 5) is 17.7. The lowest BCUT2D eigenvalue weighted by Gasteiger charge is -2.42. The van der Waals surface area contributed by atoms with Crippen molar-refractivity contribution >= 4 is 5.91 Å². The highest BCUT2D eigenvalue weighted by molar-refractivity contribution is 5.97. The Hall–Kier alpha value is -1.55. The first kappa shape index (κ1) is 18.8. The van der Waals surface area contributed by atoms with Crippen LogP contribution >= 0.6 is 0 Å². The summed E-state index contributed by atoms with van der Waals surface area (Å²) in [6.45, 7) is 7.15. The highest BCUT2D eigenvalue weighted by Crippen LogP contribution is 2.30. The molecule has 4 heteroatoms. The molecule has 27 heavy (non-hydrogen) atoms. The molecule has 1 saturated carbocycles. The van der Waals surface area contributed by atoms with Gasteiger partial charge in [0.2, 0.25) is 0 Å². The van der Waals surface area contributed by atoms with E-state index in [1.54, 1.807) is 0 Å². The highest BCUT2D eigenvalue weighted by atomic mass is 16.5. The average molecular weight is 371 g/mol. The van der Waals surface area contributed by atoms with Gasteiger partial charge in [0, 0.05) is 31.6 Å². The molecule has 1 aromatic carbocycles. The van der Waals surface area contributed by atoms with Crippen LogP contribution in [0.3, 0.4) is 0 Å². The predicted molar refractivity (Wildman–Crippen MR) is 108 cm³/mol. The Morgan fingerprint density at radius 1 is 1.04 bits per heavy atom. The van der Waals surface area contributed by atoms with Crippen molar-refractivity contribution < 1.29 is 9.53 Å². The molecule has 3 fully saturated rings. The molecule has 1 aromatic rings. The molecule has 1 unspecified atom stereocenters. The lowest BCUT2D eigenvalue weighted by molar-refractivity contribution is 0.0590. The van der Waals surface area contributed by atoms with Crippen molar-refractivity contribution in [2.45, 2.75) is 57.9 Å². The van der Waals surface area contributed by atoms with Gasteiger partial charge in [0.1, 0.15) is 5.75 Å². The van der Waals surface area contributed by atoms with Gasteiger partial charge in [-0.1, -0.05) is 25.5 Å². The maximum absolute atomic E-state index is 13.0. The second-order valence-corrected chi connectivity index (χ2v) is 8.87. The van der Waals surface area contributed by atoms with E-state index in [0.29, 0.717) is 5.92 Å². The smallest absolute Gasteiger partial charge is 0.257 e. The van der Waals surface area contributed by atoms with Crippen molar-refractivity contribution in [1.29, 1.82) is 0 Å². The Labute approximate surface area is 163 Å². The van der Waals surface area contributed by atoms with E-state index in [9.17, 15) is 4.79 Å². The molecule has 148 valence electrons. The number of rotatable bonds is 5. The molecule has 4 nitrogen and oxygen atoms in total. The number of piperidine rings is 2. The lowest BCUT2D eigenvalue weighted by Crippen LogP contribution is -2.46. The second-order valence-electron chi connectivity index (χ2n) is 8.87. The van der Waals surface area contributed by atoms with Crippen LogP contribution in [0.5, 0.6) is 5.75 Å². The molecule has 0 N–H and O–H groups in total. The third kappa shape index (κ3) is 4.48. The molecular formula is C23H34N2O2. The number of nitrogens with zero attached hydrogens (tertiary/aromatic N) is 2. The van der Waals surface area contributed by atoms with Crippen LogP contribution in [0.1, 0.15) is 62.2 Å². The summed E-state index contributed by atoms with van der Waals surface area (Å²) in [6, 6.07) is 8.64. The Bertz CT molecular complexity index is 635. The van der Waals surface area contributed by atoms with Gasteiger partial charge in [-0.15, -0.1) is 0 Å². The Morgan fingerprint density at radius 2 is 1.81 bits per heavy atom. The van der Waals surface area contributed by atoms with E-state index < -0.39 is 0 Å². The predicted octanol–water partition coefficient (Wildman–Crippen LogP) is 4.20. The fourth-order valence-corrected chi connectivity index (χ4v) is 4.68. The Balaban J connectivity index is 1.35. The van der Waals surface area contributed by atoms with Crippen molar-refractivity contribution in [2.24, 2.45) is 11.8 Å². The minimum atomic E-state index is 0.136. The zero-order valence-corrected chi connectivity index (χ0v) is 16.7. The van der Waals surface area contributed by atoms with Crippen LogP contribution in [0.4, 0.5) is 0 Å².